The summed E-state index contributed by atoms with van der Waals surface area (Å²) in [5.41, 5.74) is 0. The van der Waals surface area contributed by atoms with E-state index in [1.54, 1.807) is 35.7 Å². The van der Waals surface area contributed by atoms with E-state index < -0.39 is 10.0 Å². The summed E-state index contributed by atoms with van der Waals surface area (Å²) in [5.74, 6) is 0. The zero-order chi connectivity index (χ0) is 14.2. The van der Waals surface area contributed by atoms with Gasteiger partial charge in [-0.25, -0.2) is 8.42 Å². The molecule has 0 radical (unpaired) electrons. The van der Waals surface area contributed by atoms with Crippen molar-refractivity contribution in [3.8, 4) is 0 Å². The zero-order valence-corrected chi connectivity index (χ0v) is 12.3. The van der Waals surface area contributed by atoms with Crippen LogP contribution in [-0.4, -0.2) is 51.2 Å². The van der Waals surface area contributed by atoms with Gasteiger partial charge in [0.1, 0.15) is 6.10 Å². The lowest BCUT2D eigenvalue weighted by atomic mass is 10.2. The first kappa shape index (κ1) is 14.0. The monoisotopic (exact) mass is 297 g/mol. The van der Waals surface area contributed by atoms with Gasteiger partial charge in [0.25, 0.3) is 0 Å². The van der Waals surface area contributed by atoms with Crippen LogP contribution in [0, 0.1) is 0 Å². The molecule has 110 valence electrons. The van der Waals surface area contributed by atoms with Crippen LogP contribution in [0.15, 0.2) is 35.2 Å². The van der Waals surface area contributed by atoms with Crippen LogP contribution < -0.4 is 0 Å². The summed E-state index contributed by atoms with van der Waals surface area (Å²) in [4.78, 5) is 0.349. The van der Waals surface area contributed by atoms with E-state index in [-0.39, 0.29) is 18.2 Å². The number of hydrogen-bond donors (Lipinski definition) is 0. The van der Waals surface area contributed by atoms with Gasteiger partial charge < -0.3 is 9.47 Å². The molecule has 20 heavy (non-hydrogen) atoms. The number of benzene rings is 1. The van der Waals surface area contributed by atoms with Gasteiger partial charge in [-0.3, -0.25) is 0 Å². The number of sulfonamides is 1. The molecule has 6 heteroatoms. The van der Waals surface area contributed by atoms with Gasteiger partial charge in [0.2, 0.25) is 10.0 Å². The van der Waals surface area contributed by atoms with Gasteiger partial charge >= 0.3 is 0 Å². The van der Waals surface area contributed by atoms with Crippen LogP contribution in [0.2, 0.25) is 0 Å². The first-order chi connectivity index (χ1) is 9.64. The molecule has 1 aliphatic heterocycles. The molecular formula is C14H19NO4S. The second-order valence-corrected chi connectivity index (χ2v) is 7.07. The zero-order valence-electron chi connectivity index (χ0n) is 11.4. The Morgan fingerprint density at radius 3 is 2.70 bits per heavy atom. The van der Waals surface area contributed by atoms with Crippen LogP contribution >= 0.6 is 0 Å². The fraction of sp³-hybridized carbons (Fsp3) is 0.571. The summed E-state index contributed by atoms with van der Waals surface area (Å²) in [6, 6.07) is 8.48. The molecule has 0 aromatic heterocycles. The molecule has 3 atom stereocenters. The second kappa shape index (κ2) is 5.44. The van der Waals surface area contributed by atoms with E-state index >= 15 is 0 Å². The Bertz CT molecular complexity index is 560. The highest BCUT2D eigenvalue weighted by atomic mass is 32.2. The molecule has 0 spiro atoms. The predicted molar refractivity (Wildman–Crippen MR) is 73.9 cm³/mol. The fourth-order valence-corrected chi connectivity index (χ4v) is 4.83. The Labute approximate surface area is 119 Å². The van der Waals surface area contributed by atoms with Crippen molar-refractivity contribution in [1.29, 1.82) is 0 Å². The van der Waals surface area contributed by atoms with Gasteiger partial charge in [0, 0.05) is 13.7 Å². The Kier molecular flexibility index (Phi) is 3.81. The molecule has 1 aliphatic carbocycles. The standard InChI is InChI=1S/C14H19NO4S/c1-18-13-8-7-12-14(13)19-10-9-15(12)20(16,17)11-5-3-2-4-6-11/h2-6,12-14H,7-10H2,1H3/t12-,13+,14+/m0/s1. The second-order valence-electron chi connectivity index (χ2n) is 5.18. The number of rotatable bonds is 3. The van der Waals surface area contributed by atoms with Crippen LogP contribution in [0.5, 0.6) is 0 Å². The van der Waals surface area contributed by atoms with Crippen molar-refractivity contribution in [3.05, 3.63) is 30.3 Å². The summed E-state index contributed by atoms with van der Waals surface area (Å²) in [6.07, 6.45) is 1.48. The number of hydrogen-bond acceptors (Lipinski definition) is 4. The van der Waals surface area contributed by atoms with Crippen LogP contribution in [0.25, 0.3) is 0 Å². The molecule has 1 aromatic rings. The maximum Gasteiger partial charge on any atom is 0.243 e. The Morgan fingerprint density at radius 2 is 2.00 bits per heavy atom. The van der Waals surface area contributed by atoms with Crippen molar-refractivity contribution in [2.24, 2.45) is 0 Å². The summed E-state index contributed by atoms with van der Waals surface area (Å²) in [5, 5.41) is 0. The van der Waals surface area contributed by atoms with Gasteiger partial charge in [-0.05, 0) is 25.0 Å². The minimum atomic E-state index is -3.45. The van der Waals surface area contributed by atoms with Gasteiger partial charge in [-0.1, -0.05) is 18.2 Å². The van der Waals surface area contributed by atoms with Gasteiger partial charge in [-0.15, -0.1) is 0 Å². The molecule has 5 nitrogen and oxygen atoms in total. The predicted octanol–water partition coefficient (Wildman–Crippen LogP) is 1.25. The van der Waals surface area contributed by atoms with Crippen molar-refractivity contribution in [3.63, 3.8) is 0 Å². The minimum Gasteiger partial charge on any atom is -0.379 e. The lowest BCUT2D eigenvalue weighted by molar-refractivity contribution is -0.0848. The van der Waals surface area contributed by atoms with Crippen LogP contribution in [0.4, 0.5) is 0 Å². The largest absolute Gasteiger partial charge is 0.379 e. The van der Waals surface area contributed by atoms with E-state index in [4.69, 9.17) is 9.47 Å². The molecule has 2 fully saturated rings. The molecule has 2 aliphatic rings. The van der Waals surface area contributed by atoms with Gasteiger partial charge in [0.05, 0.1) is 23.6 Å². The summed E-state index contributed by atoms with van der Waals surface area (Å²) in [6.45, 7) is 0.835. The van der Waals surface area contributed by atoms with Crippen molar-refractivity contribution >= 4 is 10.0 Å². The van der Waals surface area contributed by atoms with Crippen LogP contribution in [0.3, 0.4) is 0 Å². The molecule has 1 saturated carbocycles. The molecule has 1 aromatic carbocycles. The van der Waals surface area contributed by atoms with E-state index in [1.807, 2.05) is 6.07 Å². The van der Waals surface area contributed by atoms with Crippen molar-refractivity contribution < 1.29 is 17.9 Å². The molecule has 0 bridgehead atoms. The number of fused-ring (bicyclic) bond motifs is 1. The lowest BCUT2D eigenvalue weighted by Gasteiger charge is -2.37. The first-order valence-electron chi connectivity index (χ1n) is 6.86. The van der Waals surface area contributed by atoms with Crippen LogP contribution in [-0.2, 0) is 19.5 Å². The summed E-state index contributed by atoms with van der Waals surface area (Å²) in [7, 11) is -1.80. The Morgan fingerprint density at radius 1 is 1.25 bits per heavy atom. The van der Waals surface area contributed by atoms with Gasteiger partial charge in [-0.2, -0.15) is 4.31 Å². The Balaban J connectivity index is 1.90. The van der Waals surface area contributed by atoms with Crippen LogP contribution in [0.1, 0.15) is 12.8 Å². The van der Waals surface area contributed by atoms with E-state index in [9.17, 15) is 8.42 Å². The van der Waals surface area contributed by atoms with E-state index in [2.05, 4.69) is 0 Å². The van der Waals surface area contributed by atoms with Crippen molar-refractivity contribution in [2.45, 2.75) is 36.0 Å². The molecule has 1 heterocycles. The van der Waals surface area contributed by atoms with E-state index in [0.29, 0.717) is 18.0 Å². The third-order valence-corrected chi connectivity index (χ3v) is 6.08. The highest BCUT2D eigenvalue weighted by molar-refractivity contribution is 7.89. The molecule has 0 amide bonds. The summed E-state index contributed by atoms with van der Waals surface area (Å²) < 4.78 is 38.2. The Hall–Kier alpha value is -0.950. The average Bonchev–Trinajstić information content (AvgIpc) is 2.91. The van der Waals surface area contributed by atoms with Gasteiger partial charge in [0.15, 0.2) is 0 Å². The maximum atomic E-state index is 12.8. The van der Waals surface area contributed by atoms with Crippen molar-refractivity contribution in [2.75, 3.05) is 20.3 Å². The highest BCUT2D eigenvalue weighted by Crippen LogP contribution is 2.34. The average molecular weight is 297 g/mol. The topological polar surface area (TPSA) is 55.8 Å². The smallest absolute Gasteiger partial charge is 0.243 e. The molecule has 0 N–H and O–H groups in total. The third-order valence-electron chi connectivity index (χ3n) is 4.14. The first-order valence-corrected chi connectivity index (χ1v) is 8.30. The SMILES string of the molecule is CO[C@@H]1CC[C@H]2[C@H]1OCCN2S(=O)(=O)c1ccccc1. The quantitative estimate of drug-likeness (QED) is 0.842. The number of ether oxygens (including phenoxy) is 2. The minimum absolute atomic E-state index is 0.00577. The molecule has 0 unspecified atom stereocenters. The maximum absolute atomic E-state index is 12.8. The van der Waals surface area contributed by atoms with E-state index in [1.165, 1.54) is 0 Å². The number of methoxy groups -OCH3 is 1. The number of nitrogens with zero attached hydrogens (tertiary/aromatic N) is 1. The van der Waals surface area contributed by atoms with E-state index in [0.717, 1.165) is 12.8 Å². The van der Waals surface area contributed by atoms with Crippen molar-refractivity contribution in [1.82, 2.24) is 4.31 Å². The molecular weight excluding hydrogens is 278 g/mol. The highest BCUT2D eigenvalue weighted by Gasteiger charge is 2.47. The normalized spacial score (nSPS) is 31.1. The number of morpholine rings is 1. The fourth-order valence-electron chi connectivity index (χ4n) is 3.16. The lowest BCUT2D eigenvalue weighted by Crippen LogP contribution is -2.53. The molecule has 3 rings (SSSR count). The third kappa shape index (κ3) is 2.26. The summed E-state index contributed by atoms with van der Waals surface area (Å²) >= 11 is 0. The molecule has 1 saturated heterocycles.